The predicted molar refractivity (Wildman–Crippen MR) is 71.8 cm³/mol. The summed E-state index contributed by atoms with van der Waals surface area (Å²) in [4.78, 5) is 11.4. The molecule has 0 bridgehead atoms. The topological polar surface area (TPSA) is 49.3 Å². The average molecular weight is 286 g/mol. The van der Waals surface area contributed by atoms with Crippen LogP contribution in [0.3, 0.4) is 0 Å². The Labute approximate surface area is 116 Å². The van der Waals surface area contributed by atoms with Crippen LogP contribution in [0.4, 0.5) is 4.39 Å². The van der Waals surface area contributed by atoms with Crippen molar-refractivity contribution in [2.75, 3.05) is 0 Å². The predicted octanol–water partition coefficient (Wildman–Crippen LogP) is 3.53. The molecule has 104 valence electrons. The van der Waals surface area contributed by atoms with E-state index in [0.29, 0.717) is 0 Å². The number of hydrogen-bond donors (Lipinski definition) is 2. The number of aliphatic carboxylic acids is 1. The Morgan fingerprint density at radius 1 is 1.37 bits per heavy atom. The van der Waals surface area contributed by atoms with Gasteiger partial charge in [0.2, 0.25) is 0 Å². The molecule has 5 heteroatoms. The van der Waals surface area contributed by atoms with Crippen LogP contribution < -0.4 is 5.32 Å². The summed E-state index contributed by atoms with van der Waals surface area (Å²) in [6.07, 6.45) is 5.23. The maximum Gasteiger partial charge on any atom is 0.325 e. The van der Waals surface area contributed by atoms with E-state index in [1.807, 2.05) is 0 Å². The highest BCUT2D eigenvalue weighted by Crippen LogP contribution is 2.26. The average Bonchev–Trinajstić information content (AvgIpc) is 2.40. The zero-order chi connectivity index (χ0) is 13.8. The molecule has 1 fully saturated rings. The van der Waals surface area contributed by atoms with Gasteiger partial charge in [0.25, 0.3) is 0 Å². The second kappa shape index (κ2) is 6.35. The first kappa shape index (κ1) is 14.3. The Kier molecular flexibility index (Phi) is 4.77. The first-order valence-electron chi connectivity index (χ1n) is 6.52. The number of carbonyl (C=O) groups is 1. The van der Waals surface area contributed by atoms with Crippen LogP contribution in [-0.4, -0.2) is 17.1 Å². The van der Waals surface area contributed by atoms with Crippen molar-refractivity contribution >= 4 is 17.6 Å². The molecule has 1 aromatic rings. The van der Waals surface area contributed by atoms with E-state index in [4.69, 9.17) is 11.6 Å². The Hall–Kier alpha value is -1.13. The fourth-order valence-corrected chi connectivity index (χ4v) is 2.72. The van der Waals surface area contributed by atoms with Crippen LogP contribution >= 0.6 is 11.6 Å². The zero-order valence-electron chi connectivity index (χ0n) is 10.5. The van der Waals surface area contributed by atoms with Gasteiger partial charge in [-0.3, -0.25) is 10.1 Å². The fraction of sp³-hybridized carbons (Fsp3) is 0.500. The number of carboxylic acid groups (broad SMARTS) is 1. The summed E-state index contributed by atoms with van der Waals surface area (Å²) in [6, 6.07) is 3.55. The molecule has 2 N–H and O–H groups in total. The summed E-state index contributed by atoms with van der Waals surface area (Å²) in [7, 11) is 0. The van der Waals surface area contributed by atoms with Gasteiger partial charge in [-0.2, -0.15) is 0 Å². The van der Waals surface area contributed by atoms with Crippen LogP contribution in [0.15, 0.2) is 18.2 Å². The van der Waals surface area contributed by atoms with E-state index < -0.39 is 17.8 Å². The van der Waals surface area contributed by atoms with Gasteiger partial charge in [-0.05, 0) is 18.9 Å². The number of benzene rings is 1. The minimum atomic E-state index is -1.08. The molecule has 0 aliphatic heterocycles. The summed E-state index contributed by atoms with van der Waals surface area (Å²) in [5, 5.41) is 12.3. The summed E-state index contributed by atoms with van der Waals surface area (Å²) in [5.74, 6) is -1.73. The van der Waals surface area contributed by atoms with Gasteiger partial charge in [0.1, 0.15) is 11.9 Å². The van der Waals surface area contributed by atoms with Crippen LogP contribution in [0, 0.1) is 5.82 Å². The summed E-state index contributed by atoms with van der Waals surface area (Å²) >= 11 is 5.71. The van der Waals surface area contributed by atoms with E-state index in [9.17, 15) is 14.3 Å². The van der Waals surface area contributed by atoms with Crippen LogP contribution in [-0.2, 0) is 4.79 Å². The maximum atomic E-state index is 13.9. The molecule has 0 aromatic heterocycles. The lowest BCUT2D eigenvalue weighted by molar-refractivity contribution is -0.140. The van der Waals surface area contributed by atoms with Gasteiger partial charge in [-0.1, -0.05) is 43.0 Å². The van der Waals surface area contributed by atoms with Crippen molar-refractivity contribution in [1.82, 2.24) is 5.32 Å². The number of halogens is 2. The van der Waals surface area contributed by atoms with Crippen molar-refractivity contribution in [1.29, 1.82) is 0 Å². The van der Waals surface area contributed by atoms with Gasteiger partial charge in [0.05, 0.1) is 5.02 Å². The minimum Gasteiger partial charge on any atom is -0.480 e. The monoisotopic (exact) mass is 285 g/mol. The lowest BCUT2D eigenvalue weighted by atomic mass is 9.94. The summed E-state index contributed by atoms with van der Waals surface area (Å²) < 4.78 is 13.9. The molecule has 3 nitrogen and oxygen atoms in total. The molecule has 1 aromatic carbocycles. The first-order chi connectivity index (χ1) is 9.09. The number of rotatable bonds is 4. The van der Waals surface area contributed by atoms with Gasteiger partial charge < -0.3 is 5.11 Å². The van der Waals surface area contributed by atoms with Gasteiger partial charge >= 0.3 is 5.97 Å². The lowest BCUT2D eigenvalue weighted by Crippen LogP contribution is -2.38. The fourth-order valence-electron chi connectivity index (χ4n) is 2.54. The Morgan fingerprint density at radius 3 is 2.68 bits per heavy atom. The second-order valence-corrected chi connectivity index (χ2v) is 5.32. The smallest absolute Gasteiger partial charge is 0.325 e. The molecule has 19 heavy (non-hydrogen) atoms. The third-order valence-corrected chi connectivity index (χ3v) is 3.84. The molecule has 2 rings (SSSR count). The molecule has 1 atom stereocenters. The molecule has 1 aliphatic carbocycles. The van der Waals surface area contributed by atoms with Crippen molar-refractivity contribution in [3.63, 3.8) is 0 Å². The second-order valence-electron chi connectivity index (χ2n) is 4.92. The molecule has 0 amide bonds. The lowest BCUT2D eigenvalue weighted by Gasteiger charge is -2.27. The molecular weight excluding hydrogens is 269 g/mol. The quantitative estimate of drug-likeness (QED) is 0.890. The van der Waals surface area contributed by atoms with E-state index in [2.05, 4.69) is 5.32 Å². The molecule has 1 aliphatic rings. The van der Waals surface area contributed by atoms with Crippen LogP contribution in [0.25, 0.3) is 0 Å². The molecule has 1 saturated carbocycles. The van der Waals surface area contributed by atoms with Gasteiger partial charge in [0.15, 0.2) is 0 Å². The highest BCUT2D eigenvalue weighted by atomic mass is 35.5. The van der Waals surface area contributed by atoms with Crippen molar-refractivity contribution in [3.8, 4) is 0 Å². The van der Waals surface area contributed by atoms with Crippen molar-refractivity contribution in [2.24, 2.45) is 0 Å². The van der Waals surface area contributed by atoms with Gasteiger partial charge in [-0.15, -0.1) is 0 Å². The van der Waals surface area contributed by atoms with Crippen LogP contribution in [0.2, 0.25) is 5.02 Å². The Balaban J connectivity index is 2.19. The van der Waals surface area contributed by atoms with E-state index in [1.165, 1.54) is 18.6 Å². The third kappa shape index (κ3) is 3.45. The third-order valence-electron chi connectivity index (χ3n) is 3.55. The van der Waals surface area contributed by atoms with E-state index in [1.54, 1.807) is 6.07 Å². The number of carboxylic acids is 1. The van der Waals surface area contributed by atoms with Crippen molar-refractivity contribution < 1.29 is 14.3 Å². The van der Waals surface area contributed by atoms with Gasteiger partial charge in [0, 0.05) is 11.6 Å². The highest BCUT2D eigenvalue weighted by molar-refractivity contribution is 6.30. The van der Waals surface area contributed by atoms with Crippen LogP contribution in [0.5, 0.6) is 0 Å². The van der Waals surface area contributed by atoms with Crippen LogP contribution in [0.1, 0.15) is 43.7 Å². The standard InChI is InChI=1S/C14H17ClFNO2/c15-11-8-4-7-10(12(11)16)13(14(18)19)17-9-5-2-1-3-6-9/h4,7-9,13,17H,1-3,5-6H2,(H,18,19). The highest BCUT2D eigenvalue weighted by Gasteiger charge is 2.27. The number of nitrogens with one attached hydrogen (secondary N) is 1. The molecular formula is C14H17ClFNO2. The van der Waals surface area contributed by atoms with E-state index >= 15 is 0 Å². The summed E-state index contributed by atoms with van der Waals surface area (Å²) in [6.45, 7) is 0. The minimum absolute atomic E-state index is 0.0470. The molecule has 0 saturated heterocycles. The van der Waals surface area contributed by atoms with E-state index in [0.717, 1.165) is 25.7 Å². The first-order valence-corrected chi connectivity index (χ1v) is 6.90. The Morgan fingerprint density at radius 2 is 2.05 bits per heavy atom. The normalized spacial score (nSPS) is 18.2. The largest absolute Gasteiger partial charge is 0.480 e. The molecule has 0 spiro atoms. The SMILES string of the molecule is O=C(O)C(NC1CCCCC1)c1cccc(Cl)c1F. The summed E-state index contributed by atoms with van der Waals surface area (Å²) in [5.41, 5.74) is 0.102. The zero-order valence-corrected chi connectivity index (χ0v) is 11.3. The molecule has 0 radical (unpaired) electrons. The molecule has 1 unspecified atom stereocenters. The number of hydrogen-bond acceptors (Lipinski definition) is 2. The maximum absolute atomic E-state index is 13.9. The van der Waals surface area contributed by atoms with Crippen molar-refractivity contribution in [3.05, 3.63) is 34.6 Å². The molecule has 0 heterocycles. The Bertz CT molecular complexity index is 461. The van der Waals surface area contributed by atoms with Gasteiger partial charge in [-0.25, -0.2) is 4.39 Å². The van der Waals surface area contributed by atoms with E-state index in [-0.39, 0.29) is 16.6 Å². The van der Waals surface area contributed by atoms with Crippen molar-refractivity contribution in [2.45, 2.75) is 44.2 Å².